The molecule has 1 N–H and O–H groups in total. The fourth-order valence-corrected chi connectivity index (χ4v) is 1.75. The molecule has 0 radical (unpaired) electrons. The first kappa shape index (κ1) is 16.2. The van der Waals surface area contributed by atoms with Crippen LogP contribution in [0.4, 0.5) is 0 Å². The van der Waals surface area contributed by atoms with Gasteiger partial charge in [-0.1, -0.05) is 13.8 Å². The van der Waals surface area contributed by atoms with E-state index < -0.39 is 0 Å². The Labute approximate surface area is 116 Å². The lowest BCUT2D eigenvalue weighted by molar-refractivity contribution is 0.0387. The molecule has 0 unspecified atom stereocenters. The standard InChI is InChI=1S/C15H27NO3/c1-5-17-6-7-18-11-14-8-13(4)15(19-14)10-16-9-12(2)3/h8,12,16H,5-7,9-11H2,1-4H3. The summed E-state index contributed by atoms with van der Waals surface area (Å²) in [5.74, 6) is 2.54. The van der Waals surface area contributed by atoms with Crippen molar-refractivity contribution < 1.29 is 13.9 Å². The maximum absolute atomic E-state index is 5.77. The van der Waals surface area contributed by atoms with Crippen molar-refractivity contribution in [1.29, 1.82) is 0 Å². The molecular weight excluding hydrogens is 242 g/mol. The van der Waals surface area contributed by atoms with Crippen LogP contribution in [0.3, 0.4) is 0 Å². The number of rotatable bonds is 10. The summed E-state index contributed by atoms with van der Waals surface area (Å²) in [7, 11) is 0. The van der Waals surface area contributed by atoms with Crippen molar-refractivity contribution in [2.45, 2.75) is 40.8 Å². The second kappa shape index (κ2) is 9.13. The second-order valence-electron chi connectivity index (χ2n) is 5.09. The largest absolute Gasteiger partial charge is 0.462 e. The molecular formula is C15H27NO3. The summed E-state index contributed by atoms with van der Waals surface area (Å²) in [4.78, 5) is 0. The van der Waals surface area contributed by atoms with Gasteiger partial charge in [-0.15, -0.1) is 0 Å². The molecule has 1 heterocycles. The van der Waals surface area contributed by atoms with Gasteiger partial charge in [-0.05, 0) is 37.9 Å². The highest BCUT2D eigenvalue weighted by Crippen LogP contribution is 2.15. The van der Waals surface area contributed by atoms with Crippen LogP contribution in [0, 0.1) is 12.8 Å². The average Bonchev–Trinajstić information content (AvgIpc) is 2.69. The number of nitrogens with one attached hydrogen (secondary N) is 1. The van der Waals surface area contributed by atoms with E-state index in [-0.39, 0.29) is 0 Å². The Bertz CT molecular complexity index is 347. The number of hydrogen-bond donors (Lipinski definition) is 1. The van der Waals surface area contributed by atoms with Gasteiger partial charge in [0.25, 0.3) is 0 Å². The third kappa shape index (κ3) is 6.76. The molecule has 0 aliphatic carbocycles. The third-order valence-corrected chi connectivity index (χ3v) is 2.73. The van der Waals surface area contributed by atoms with Gasteiger partial charge in [0.15, 0.2) is 0 Å². The lowest BCUT2D eigenvalue weighted by Gasteiger charge is -2.06. The first-order chi connectivity index (χ1) is 9.13. The Morgan fingerprint density at radius 1 is 1.26 bits per heavy atom. The van der Waals surface area contributed by atoms with Crippen molar-refractivity contribution in [2.75, 3.05) is 26.4 Å². The van der Waals surface area contributed by atoms with Gasteiger partial charge in [0.2, 0.25) is 0 Å². The highest BCUT2D eigenvalue weighted by molar-refractivity contribution is 5.19. The second-order valence-corrected chi connectivity index (χ2v) is 5.09. The van der Waals surface area contributed by atoms with E-state index in [0.29, 0.717) is 25.7 Å². The quantitative estimate of drug-likeness (QED) is 0.663. The van der Waals surface area contributed by atoms with Crippen molar-refractivity contribution in [3.63, 3.8) is 0 Å². The van der Waals surface area contributed by atoms with Gasteiger partial charge in [0.1, 0.15) is 18.1 Å². The van der Waals surface area contributed by atoms with Gasteiger partial charge in [-0.3, -0.25) is 0 Å². The maximum Gasteiger partial charge on any atom is 0.130 e. The van der Waals surface area contributed by atoms with E-state index in [4.69, 9.17) is 13.9 Å². The number of ether oxygens (including phenoxy) is 2. The molecule has 0 atom stereocenters. The Morgan fingerprint density at radius 3 is 2.68 bits per heavy atom. The molecule has 0 bridgehead atoms. The average molecular weight is 269 g/mol. The van der Waals surface area contributed by atoms with Crippen LogP contribution in [0.5, 0.6) is 0 Å². The summed E-state index contributed by atoms with van der Waals surface area (Å²) in [6.45, 7) is 12.7. The zero-order valence-corrected chi connectivity index (χ0v) is 12.6. The molecule has 0 amide bonds. The van der Waals surface area contributed by atoms with Crippen LogP contribution in [-0.2, 0) is 22.6 Å². The van der Waals surface area contributed by atoms with Crippen LogP contribution in [0.25, 0.3) is 0 Å². The Hall–Kier alpha value is -0.840. The van der Waals surface area contributed by atoms with E-state index in [2.05, 4.69) is 26.1 Å². The highest BCUT2D eigenvalue weighted by atomic mass is 16.5. The molecule has 0 saturated carbocycles. The molecule has 0 aliphatic rings. The number of furan rings is 1. The zero-order valence-electron chi connectivity index (χ0n) is 12.6. The van der Waals surface area contributed by atoms with E-state index >= 15 is 0 Å². The van der Waals surface area contributed by atoms with E-state index in [1.807, 2.05) is 13.0 Å². The summed E-state index contributed by atoms with van der Waals surface area (Å²) in [6, 6.07) is 2.05. The zero-order chi connectivity index (χ0) is 14.1. The minimum absolute atomic E-state index is 0.512. The molecule has 0 spiro atoms. The molecule has 0 fully saturated rings. The van der Waals surface area contributed by atoms with Crippen molar-refractivity contribution in [3.05, 3.63) is 23.2 Å². The fourth-order valence-electron chi connectivity index (χ4n) is 1.75. The molecule has 0 saturated heterocycles. The summed E-state index contributed by atoms with van der Waals surface area (Å²) in [6.07, 6.45) is 0. The van der Waals surface area contributed by atoms with Crippen LogP contribution in [0.2, 0.25) is 0 Å². The predicted molar refractivity (Wildman–Crippen MR) is 76.1 cm³/mol. The van der Waals surface area contributed by atoms with Crippen molar-refractivity contribution in [1.82, 2.24) is 5.32 Å². The van der Waals surface area contributed by atoms with Gasteiger partial charge < -0.3 is 19.2 Å². The van der Waals surface area contributed by atoms with Gasteiger partial charge in [-0.25, -0.2) is 0 Å². The van der Waals surface area contributed by atoms with E-state index in [0.717, 1.165) is 31.2 Å². The van der Waals surface area contributed by atoms with Gasteiger partial charge in [-0.2, -0.15) is 0 Å². The SMILES string of the molecule is CCOCCOCc1cc(C)c(CNCC(C)C)o1. The fraction of sp³-hybridized carbons (Fsp3) is 0.733. The Morgan fingerprint density at radius 2 is 2.00 bits per heavy atom. The Balaban J connectivity index is 2.28. The molecule has 1 aromatic rings. The first-order valence-electron chi connectivity index (χ1n) is 7.07. The topological polar surface area (TPSA) is 43.6 Å². The third-order valence-electron chi connectivity index (χ3n) is 2.73. The molecule has 4 nitrogen and oxygen atoms in total. The maximum atomic E-state index is 5.77. The first-order valence-corrected chi connectivity index (χ1v) is 7.07. The van der Waals surface area contributed by atoms with Gasteiger partial charge in [0, 0.05) is 6.61 Å². The predicted octanol–water partition coefficient (Wildman–Crippen LogP) is 2.89. The van der Waals surface area contributed by atoms with Crippen molar-refractivity contribution in [3.8, 4) is 0 Å². The molecule has 1 aromatic heterocycles. The summed E-state index contributed by atoms with van der Waals surface area (Å²) < 4.78 is 16.5. The summed E-state index contributed by atoms with van der Waals surface area (Å²) >= 11 is 0. The molecule has 4 heteroatoms. The van der Waals surface area contributed by atoms with E-state index in [1.54, 1.807) is 0 Å². The van der Waals surface area contributed by atoms with Crippen LogP contribution in [-0.4, -0.2) is 26.4 Å². The molecule has 110 valence electrons. The highest BCUT2D eigenvalue weighted by Gasteiger charge is 2.07. The van der Waals surface area contributed by atoms with Crippen LogP contribution in [0.1, 0.15) is 37.9 Å². The summed E-state index contributed by atoms with van der Waals surface area (Å²) in [5.41, 5.74) is 1.18. The molecule has 19 heavy (non-hydrogen) atoms. The summed E-state index contributed by atoms with van der Waals surface area (Å²) in [5, 5.41) is 3.38. The van der Waals surface area contributed by atoms with Crippen molar-refractivity contribution in [2.24, 2.45) is 5.92 Å². The monoisotopic (exact) mass is 269 g/mol. The van der Waals surface area contributed by atoms with E-state index in [9.17, 15) is 0 Å². The Kier molecular flexibility index (Phi) is 7.79. The normalized spacial score (nSPS) is 11.4. The lowest BCUT2D eigenvalue weighted by Crippen LogP contribution is -2.18. The molecule has 0 aliphatic heterocycles. The smallest absolute Gasteiger partial charge is 0.130 e. The molecule has 1 rings (SSSR count). The van der Waals surface area contributed by atoms with Crippen LogP contribution < -0.4 is 5.32 Å². The minimum atomic E-state index is 0.512. The van der Waals surface area contributed by atoms with Gasteiger partial charge >= 0.3 is 0 Å². The lowest BCUT2D eigenvalue weighted by atomic mass is 10.2. The molecule has 0 aromatic carbocycles. The number of hydrogen-bond acceptors (Lipinski definition) is 4. The number of aryl methyl sites for hydroxylation is 1. The minimum Gasteiger partial charge on any atom is -0.462 e. The van der Waals surface area contributed by atoms with Crippen LogP contribution in [0.15, 0.2) is 10.5 Å². The van der Waals surface area contributed by atoms with Gasteiger partial charge in [0.05, 0.1) is 19.8 Å². The van der Waals surface area contributed by atoms with Crippen LogP contribution >= 0.6 is 0 Å². The van der Waals surface area contributed by atoms with Crippen molar-refractivity contribution >= 4 is 0 Å². The van der Waals surface area contributed by atoms with E-state index in [1.165, 1.54) is 5.56 Å².